The SMILES string of the molecule is CCCCCC(CC)OC(=O)CCCCCCCCN(CCCCCCCCC(=O)OC(CC)CCCCC)CCCNC(=O)c1cc(C(=O)NCCCN(CCCCCCCCC(=O)OC(CC)CCCCC)CCCCCCCCC(=O)OC(CC)CCCCC)cc(C(=O)NCC2CCN(C)CC2)c1. The molecule has 1 aromatic rings. The van der Waals surface area contributed by atoms with Crippen LogP contribution in [0.2, 0.25) is 0 Å². The Kier molecular flexibility index (Phi) is 62.8. The first-order valence-electron chi connectivity index (χ1n) is 45.0. The first-order valence-corrected chi connectivity index (χ1v) is 45.0. The summed E-state index contributed by atoms with van der Waals surface area (Å²) in [6.45, 7) is 26.2. The van der Waals surface area contributed by atoms with E-state index in [1.54, 1.807) is 18.2 Å². The van der Waals surface area contributed by atoms with Crippen LogP contribution < -0.4 is 16.0 Å². The number of carbonyl (C=O) groups excluding carboxylic acids is 7. The third kappa shape index (κ3) is 53.8. The summed E-state index contributed by atoms with van der Waals surface area (Å²) in [5.41, 5.74) is 0.887. The van der Waals surface area contributed by atoms with E-state index in [1.807, 2.05) is 0 Å². The lowest BCUT2D eigenvalue weighted by Gasteiger charge is -2.28. The van der Waals surface area contributed by atoms with E-state index in [9.17, 15) is 33.6 Å². The van der Waals surface area contributed by atoms with Crippen LogP contribution in [0, 0.1) is 5.92 Å². The van der Waals surface area contributed by atoms with Crippen LogP contribution in [-0.4, -0.2) is 160 Å². The number of hydrogen-bond acceptors (Lipinski definition) is 14. The molecule has 0 radical (unpaired) electrons. The quantitative estimate of drug-likeness (QED) is 0.0316. The Bertz CT molecular complexity index is 2150. The number of nitrogens with zero attached hydrogens (tertiary/aromatic N) is 3. The van der Waals surface area contributed by atoms with Gasteiger partial charge in [0, 0.05) is 62.0 Å². The Morgan fingerprint density at radius 1 is 0.336 bits per heavy atom. The number of likely N-dealkylation sites (tertiary alicyclic amines) is 1. The molecular weight excluding hydrogens is 1340 g/mol. The zero-order chi connectivity index (χ0) is 78.0. The second kappa shape index (κ2) is 68.2. The normalized spacial score (nSPS) is 13.9. The van der Waals surface area contributed by atoms with Crippen LogP contribution in [0.5, 0.6) is 0 Å². The molecule has 2 rings (SSSR count). The van der Waals surface area contributed by atoms with Crippen molar-refractivity contribution in [1.29, 1.82) is 0 Å². The molecule has 1 fully saturated rings. The van der Waals surface area contributed by atoms with Gasteiger partial charge in [-0.15, -0.1) is 0 Å². The average Bonchev–Trinajstić information content (AvgIpc) is 0.826. The molecule has 0 aliphatic carbocycles. The standard InChI is InChI=1S/C90H164N6O11/c1-10-18-38-52-80(14-5)104-84(97)56-42-30-22-26-34-46-64-95(65-47-35-27-23-31-43-57-85(98)105-81(15-6)53-39-19-11-2)68-50-62-91-88(101)77-72-78(74-79(73-77)90(103)93-75-76-60-70-94(9)71-61-76)89(102)92-63-51-69-96(66-48-36-28-24-32-44-58-86(99)106-82(16-7)54-40-20-12-3)67-49-37-29-25-33-45-59-87(100)107-83(17-8)55-41-21-13-4/h72-74,76,80-83H,10-71,75H2,1-9H3,(H,91,101)(H,92,102)(H,93,103). The molecule has 4 unspecified atom stereocenters. The third-order valence-corrected chi connectivity index (χ3v) is 21.9. The largest absolute Gasteiger partial charge is 0.462 e. The third-order valence-electron chi connectivity index (χ3n) is 21.9. The molecule has 620 valence electrons. The number of piperidine rings is 1. The van der Waals surface area contributed by atoms with Gasteiger partial charge in [0.15, 0.2) is 0 Å². The maximum atomic E-state index is 14.2. The fraction of sp³-hybridized carbons (Fsp3) is 0.856. The molecule has 0 bridgehead atoms. The predicted molar refractivity (Wildman–Crippen MR) is 442 cm³/mol. The fourth-order valence-electron chi connectivity index (χ4n) is 14.6. The van der Waals surface area contributed by atoms with E-state index in [0.29, 0.717) is 67.9 Å². The number of esters is 4. The molecule has 17 heteroatoms. The monoisotopic (exact) mass is 1510 g/mol. The Morgan fingerprint density at radius 3 is 0.841 bits per heavy atom. The van der Waals surface area contributed by atoms with E-state index < -0.39 is 0 Å². The number of ether oxygens (including phenoxy) is 4. The van der Waals surface area contributed by atoms with Crippen molar-refractivity contribution in [2.24, 2.45) is 5.92 Å². The molecule has 0 spiro atoms. The van der Waals surface area contributed by atoms with Crippen LogP contribution >= 0.6 is 0 Å². The van der Waals surface area contributed by atoms with E-state index in [4.69, 9.17) is 18.9 Å². The highest BCUT2D eigenvalue weighted by molar-refractivity contribution is 6.04. The van der Waals surface area contributed by atoms with Crippen LogP contribution in [0.25, 0.3) is 0 Å². The first kappa shape index (κ1) is 98.5. The van der Waals surface area contributed by atoms with Crippen LogP contribution in [0.3, 0.4) is 0 Å². The van der Waals surface area contributed by atoms with Crippen molar-refractivity contribution in [3.05, 3.63) is 34.9 Å². The molecule has 1 saturated heterocycles. The van der Waals surface area contributed by atoms with Gasteiger partial charge in [0.25, 0.3) is 17.7 Å². The van der Waals surface area contributed by atoms with E-state index in [1.165, 1.54) is 25.7 Å². The van der Waals surface area contributed by atoms with Crippen molar-refractivity contribution in [2.75, 3.05) is 79.0 Å². The van der Waals surface area contributed by atoms with Crippen LogP contribution in [0.4, 0.5) is 0 Å². The lowest BCUT2D eigenvalue weighted by molar-refractivity contribution is -0.150. The van der Waals surface area contributed by atoms with E-state index >= 15 is 0 Å². The van der Waals surface area contributed by atoms with Gasteiger partial charge < -0.3 is 49.6 Å². The zero-order valence-corrected chi connectivity index (χ0v) is 70.5. The molecule has 1 aliphatic rings. The highest BCUT2D eigenvalue weighted by Gasteiger charge is 2.22. The Hall–Kier alpha value is -4.61. The summed E-state index contributed by atoms with van der Waals surface area (Å²) in [5.74, 6) is -0.760. The summed E-state index contributed by atoms with van der Waals surface area (Å²) in [6.07, 6.45) is 52.0. The van der Waals surface area contributed by atoms with Gasteiger partial charge in [-0.2, -0.15) is 0 Å². The topological polar surface area (TPSA) is 202 Å². The number of rotatable bonds is 73. The summed E-state index contributed by atoms with van der Waals surface area (Å²) >= 11 is 0. The molecule has 17 nitrogen and oxygen atoms in total. The van der Waals surface area contributed by atoms with Crippen molar-refractivity contribution in [3.63, 3.8) is 0 Å². The summed E-state index contributed by atoms with van der Waals surface area (Å²) in [6, 6.07) is 4.90. The minimum absolute atomic E-state index is 0.0395. The Balaban J connectivity index is 2.11. The molecule has 1 heterocycles. The Labute approximate surface area is 655 Å². The molecule has 1 aromatic carbocycles. The summed E-state index contributed by atoms with van der Waals surface area (Å²) in [4.78, 5) is 100. The van der Waals surface area contributed by atoms with Crippen molar-refractivity contribution >= 4 is 41.6 Å². The number of carbonyl (C=O) groups is 7. The predicted octanol–water partition coefficient (Wildman–Crippen LogP) is 21.1. The molecule has 3 N–H and O–H groups in total. The van der Waals surface area contributed by atoms with Gasteiger partial charge in [-0.3, -0.25) is 33.6 Å². The van der Waals surface area contributed by atoms with Crippen molar-refractivity contribution in [1.82, 2.24) is 30.7 Å². The fourth-order valence-corrected chi connectivity index (χ4v) is 14.6. The lowest BCUT2D eigenvalue weighted by atomic mass is 9.97. The van der Waals surface area contributed by atoms with Crippen LogP contribution in [0.15, 0.2) is 18.2 Å². The molecule has 107 heavy (non-hydrogen) atoms. The second-order valence-electron chi connectivity index (χ2n) is 31.7. The number of unbranched alkanes of at least 4 members (excludes halogenated alkanes) is 28. The molecule has 0 saturated carbocycles. The summed E-state index contributed by atoms with van der Waals surface area (Å²) in [5, 5.41) is 9.47. The number of hydrogen-bond donors (Lipinski definition) is 3. The van der Waals surface area contributed by atoms with Gasteiger partial charge in [-0.05, 0) is 238 Å². The average molecular weight is 1510 g/mol. The van der Waals surface area contributed by atoms with Gasteiger partial charge in [0.1, 0.15) is 24.4 Å². The van der Waals surface area contributed by atoms with Gasteiger partial charge >= 0.3 is 23.9 Å². The summed E-state index contributed by atoms with van der Waals surface area (Å²) < 4.78 is 23.2. The zero-order valence-electron chi connectivity index (χ0n) is 70.5. The van der Waals surface area contributed by atoms with Crippen molar-refractivity contribution in [2.45, 2.75) is 414 Å². The number of nitrogens with one attached hydrogen (secondary N) is 3. The second-order valence-corrected chi connectivity index (χ2v) is 31.7. The number of benzene rings is 1. The van der Waals surface area contributed by atoms with Crippen LogP contribution in [0.1, 0.15) is 420 Å². The minimum atomic E-state index is -0.307. The molecule has 3 amide bonds. The maximum absolute atomic E-state index is 14.2. The highest BCUT2D eigenvalue weighted by Crippen LogP contribution is 2.22. The highest BCUT2D eigenvalue weighted by atomic mass is 16.6. The van der Waals surface area contributed by atoms with E-state index in [-0.39, 0.29) is 66.0 Å². The lowest BCUT2D eigenvalue weighted by Crippen LogP contribution is -2.37. The molecule has 0 aromatic heterocycles. The summed E-state index contributed by atoms with van der Waals surface area (Å²) in [7, 11) is 2.13. The molecule has 4 atom stereocenters. The maximum Gasteiger partial charge on any atom is 0.306 e. The van der Waals surface area contributed by atoms with Crippen molar-refractivity contribution in [3.8, 4) is 0 Å². The van der Waals surface area contributed by atoms with E-state index in [2.05, 4.69) is 93.1 Å². The van der Waals surface area contributed by atoms with Gasteiger partial charge in [-0.25, -0.2) is 0 Å². The van der Waals surface area contributed by atoms with Crippen LogP contribution in [-0.2, 0) is 38.1 Å². The Morgan fingerprint density at radius 2 is 0.579 bits per heavy atom. The van der Waals surface area contributed by atoms with Gasteiger partial charge in [-0.1, -0.05) is 209 Å². The minimum Gasteiger partial charge on any atom is -0.462 e. The van der Waals surface area contributed by atoms with Gasteiger partial charge in [0.2, 0.25) is 0 Å². The molecular formula is C90H164N6O11. The molecule has 1 aliphatic heterocycles. The first-order chi connectivity index (χ1) is 52.1. The van der Waals surface area contributed by atoms with Gasteiger partial charge in [0.05, 0.1) is 0 Å². The van der Waals surface area contributed by atoms with E-state index in [0.717, 1.165) is 335 Å². The van der Waals surface area contributed by atoms with Crippen molar-refractivity contribution < 1.29 is 52.5 Å². The number of amides is 3. The smallest absolute Gasteiger partial charge is 0.306 e.